The molecule has 2 unspecified atom stereocenters. The zero-order chi connectivity index (χ0) is 11.4. The Kier molecular flexibility index (Phi) is 3.88. The lowest BCUT2D eigenvalue weighted by Crippen LogP contribution is -2.39. The molecular formula is C12H18N2O2. The summed E-state index contributed by atoms with van der Waals surface area (Å²) in [5, 5.41) is 21.8. The van der Waals surface area contributed by atoms with Crippen molar-refractivity contribution in [2.75, 3.05) is 19.7 Å². The van der Waals surface area contributed by atoms with E-state index in [0.717, 1.165) is 24.2 Å². The van der Waals surface area contributed by atoms with Crippen molar-refractivity contribution in [3.05, 3.63) is 29.6 Å². The van der Waals surface area contributed by atoms with Gasteiger partial charge in [-0.05, 0) is 24.6 Å². The summed E-state index contributed by atoms with van der Waals surface area (Å²) in [5.74, 6) is 0.192. The highest BCUT2D eigenvalue weighted by molar-refractivity contribution is 5.20. The Labute approximate surface area is 95.3 Å². The third-order valence-electron chi connectivity index (χ3n) is 3.09. The van der Waals surface area contributed by atoms with Crippen LogP contribution in [-0.4, -0.2) is 41.0 Å². The fraction of sp³-hybridized carbons (Fsp3) is 0.583. The van der Waals surface area contributed by atoms with E-state index in [1.54, 1.807) is 0 Å². The zero-order valence-electron chi connectivity index (χ0n) is 9.26. The van der Waals surface area contributed by atoms with Gasteiger partial charge in [-0.2, -0.15) is 0 Å². The van der Waals surface area contributed by atoms with Crippen LogP contribution in [0.15, 0.2) is 18.3 Å². The van der Waals surface area contributed by atoms with Gasteiger partial charge in [0.15, 0.2) is 0 Å². The topological polar surface area (TPSA) is 65.4 Å². The molecule has 3 N–H and O–H groups in total. The smallest absolute Gasteiger partial charge is 0.0734 e. The second-order valence-corrected chi connectivity index (χ2v) is 4.22. The van der Waals surface area contributed by atoms with E-state index in [1.165, 1.54) is 0 Å². The van der Waals surface area contributed by atoms with E-state index in [1.807, 2.05) is 18.3 Å². The predicted molar refractivity (Wildman–Crippen MR) is 61.3 cm³/mol. The van der Waals surface area contributed by atoms with Gasteiger partial charge in [0.05, 0.1) is 6.10 Å². The van der Waals surface area contributed by atoms with Crippen LogP contribution in [0.4, 0.5) is 0 Å². The van der Waals surface area contributed by atoms with Crippen LogP contribution in [0.3, 0.4) is 0 Å². The number of pyridine rings is 1. The minimum Gasteiger partial charge on any atom is -0.396 e. The lowest BCUT2D eigenvalue weighted by atomic mass is 9.89. The summed E-state index contributed by atoms with van der Waals surface area (Å²) in [4.78, 5) is 4.29. The lowest BCUT2D eigenvalue weighted by Gasteiger charge is -2.28. The van der Waals surface area contributed by atoms with Crippen molar-refractivity contribution in [1.82, 2.24) is 10.3 Å². The molecule has 1 aliphatic heterocycles. The molecular weight excluding hydrogens is 204 g/mol. The highest BCUT2D eigenvalue weighted by Crippen LogP contribution is 2.24. The van der Waals surface area contributed by atoms with Crippen molar-refractivity contribution in [2.45, 2.75) is 24.9 Å². The number of β-amino-alcohol motifs (C(OH)–C–C–N with tert-alkyl or cyclic N) is 1. The number of hydrogen-bond donors (Lipinski definition) is 3. The Bertz CT molecular complexity index is 326. The molecule has 0 bridgehead atoms. The first kappa shape index (κ1) is 11.5. The predicted octanol–water partition coefficient (Wildman–Crippen LogP) is 0.0542. The summed E-state index contributed by atoms with van der Waals surface area (Å²) in [7, 11) is 0. The average Bonchev–Trinajstić information content (AvgIpc) is 2.31. The highest BCUT2D eigenvalue weighted by Gasteiger charge is 2.24. The fourth-order valence-electron chi connectivity index (χ4n) is 2.15. The molecule has 2 atom stereocenters. The molecule has 1 saturated heterocycles. The number of nitrogens with one attached hydrogen (secondary N) is 1. The van der Waals surface area contributed by atoms with E-state index in [0.29, 0.717) is 13.0 Å². The van der Waals surface area contributed by atoms with Gasteiger partial charge in [-0.3, -0.25) is 4.98 Å². The summed E-state index contributed by atoms with van der Waals surface area (Å²) in [6.07, 6.45) is 3.04. The van der Waals surface area contributed by atoms with Gasteiger partial charge in [-0.25, -0.2) is 0 Å². The first-order valence-corrected chi connectivity index (χ1v) is 5.75. The molecule has 0 saturated carbocycles. The first-order chi connectivity index (χ1) is 7.81. The van der Waals surface area contributed by atoms with E-state index >= 15 is 0 Å². The van der Waals surface area contributed by atoms with Gasteiger partial charge in [-0.15, -0.1) is 0 Å². The Balaban J connectivity index is 2.08. The maximum atomic E-state index is 9.86. The molecule has 2 heterocycles. The molecule has 0 amide bonds. The van der Waals surface area contributed by atoms with Crippen LogP contribution in [-0.2, 0) is 6.42 Å². The van der Waals surface area contributed by atoms with Crippen LogP contribution in [0.25, 0.3) is 0 Å². The Morgan fingerprint density at radius 1 is 1.44 bits per heavy atom. The van der Waals surface area contributed by atoms with Crippen molar-refractivity contribution in [2.24, 2.45) is 0 Å². The molecule has 4 heteroatoms. The number of aliphatic hydroxyl groups is 2. The normalized spacial score (nSPS) is 25.6. The number of aromatic nitrogens is 1. The maximum Gasteiger partial charge on any atom is 0.0734 e. The standard InChI is InChI=1S/C12H18N2O2/c15-6-4-10-2-1-9(7-14-10)11-3-5-13-8-12(11)16/h1-2,7,11-13,15-16H,3-6,8H2. The molecule has 1 fully saturated rings. The van der Waals surface area contributed by atoms with E-state index in [-0.39, 0.29) is 18.6 Å². The number of nitrogens with zero attached hydrogens (tertiary/aromatic N) is 1. The Morgan fingerprint density at radius 2 is 2.31 bits per heavy atom. The van der Waals surface area contributed by atoms with E-state index in [4.69, 9.17) is 5.11 Å². The molecule has 1 aliphatic rings. The maximum absolute atomic E-state index is 9.86. The average molecular weight is 222 g/mol. The van der Waals surface area contributed by atoms with E-state index in [9.17, 15) is 5.11 Å². The molecule has 0 aliphatic carbocycles. The van der Waals surface area contributed by atoms with E-state index < -0.39 is 0 Å². The first-order valence-electron chi connectivity index (χ1n) is 5.75. The van der Waals surface area contributed by atoms with Crippen LogP contribution < -0.4 is 5.32 Å². The molecule has 4 nitrogen and oxygen atoms in total. The van der Waals surface area contributed by atoms with Gasteiger partial charge in [0, 0.05) is 37.4 Å². The molecule has 1 aromatic heterocycles. The van der Waals surface area contributed by atoms with Gasteiger partial charge < -0.3 is 15.5 Å². The Hall–Kier alpha value is -0.970. The van der Waals surface area contributed by atoms with E-state index in [2.05, 4.69) is 10.3 Å². The van der Waals surface area contributed by atoms with Crippen LogP contribution in [0.2, 0.25) is 0 Å². The molecule has 2 rings (SSSR count). The monoisotopic (exact) mass is 222 g/mol. The summed E-state index contributed by atoms with van der Waals surface area (Å²) >= 11 is 0. The van der Waals surface area contributed by atoms with Gasteiger partial charge in [0.25, 0.3) is 0 Å². The second-order valence-electron chi connectivity index (χ2n) is 4.22. The van der Waals surface area contributed by atoms with Gasteiger partial charge in [0.2, 0.25) is 0 Å². The van der Waals surface area contributed by atoms with Gasteiger partial charge in [-0.1, -0.05) is 6.07 Å². The van der Waals surface area contributed by atoms with Crippen LogP contribution in [0.1, 0.15) is 23.6 Å². The van der Waals surface area contributed by atoms with Crippen molar-refractivity contribution >= 4 is 0 Å². The molecule has 0 aromatic carbocycles. The number of rotatable bonds is 3. The Morgan fingerprint density at radius 3 is 2.94 bits per heavy atom. The van der Waals surface area contributed by atoms with Crippen LogP contribution in [0, 0.1) is 0 Å². The number of aliphatic hydroxyl groups excluding tert-OH is 2. The third-order valence-corrected chi connectivity index (χ3v) is 3.09. The van der Waals surface area contributed by atoms with Crippen LogP contribution >= 0.6 is 0 Å². The summed E-state index contributed by atoms with van der Waals surface area (Å²) in [6, 6.07) is 3.94. The summed E-state index contributed by atoms with van der Waals surface area (Å²) in [5.41, 5.74) is 1.99. The minimum absolute atomic E-state index is 0.127. The highest BCUT2D eigenvalue weighted by atomic mass is 16.3. The van der Waals surface area contributed by atoms with Crippen molar-refractivity contribution in [1.29, 1.82) is 0 Å². The van der Waals surface area contributed by atoms with Gasteiger partial charge >= 0.3 is 0 Å². The van der Waals surface area contributed by atoms with Crippen molar-refractivity contribution < 1.29 is 10.2 Å². The zero-order valence-corrected chi connectivity index (χ0v) is 9.26. The molecule has 1 aromatic rings. The second kappa shape index (κ2) is 5.39. The third kappa shape index (κ3) is 2.58. The molecule has 0 spiro atoms. The number of piperidine rings is 1. The summed E-state index contributed by atoms with van der Waals surface area (Å²) in [6.45, 7) is 1.73. The lowest BCUT2D eigenvalue weighted by molar-refractivity contribution is 0.118. The minimum atomic E-state index is -0.320. The van der Waals surface area contributed by atoms with Crippen molar-refractivity contribution in [3.63, 3.8) is 0 Å². The van der Waals surface area contributed by atoms with Crippen molar-refractivity contribution in [3.8, 4) is 0 Å². The molecule has 16 heavy (non-hydrogen) atoms. The van der Waals surface area contributed by atoms with Crippen LogP contribution in [0.5, 0.6) is 0 Å². The van der Waals surface area contributed by atoms with Gasteiger partial charge in [0.1, 0.15) is 0 Å². The fourth-order valence-corrected chi connectivity index (χ4v) is 2.15. The quantitative estimate of drug-likeness (QED) is 0.676. The summed E-state index contributed by atoms with van der Waals surface area (Å²) < 4.78 is 0. The number of hydrogen-bond acceptors (Lipinski definition) is 4. The molecule has 88 valence electrons. The SMILES string of the molecule is OCCc1ccc(C2CCNCC2O)cn1. The largest absolute Gasteiger partial charge is 0.396 e. The molecule has 0 radical (unpaired) electrons.